The first-order chi connectivity index (χ1) is 7.68. The van der Waals surface area contributed by atoms with E-state index in [1.807, 2.05) is 0 Å². The Morgan fingerprint density at radius 1 is 1.69 bits per heavy atom. The van der Waals surface area contributed by atoms with Crippen LogP contribution in [0.25, 0.3) is 11.6 Å². The van der Waals surface area contributed by atoms with E-state index in [2.05, 4.69) is 10.2 Å². The van der Waals surface area contributed by atoms with Gasteiger partial charge in [-0.2, -0.15) is 5.10 Å². The van der Waals surface area contributed by atoms with E-state index in [1.165, 1.54) is 0 Å². The van der Waals surface area contributed by atoms with Gasteiger partial charge in [-0.05, 0) is 24.4 Å². The van der Waals surface area contributed by atoms with Crippen molar-refractivity contribution in [2.45, 2.75) is 13.0 Å². The molecule has 2 heterocycles. The van der Waals surface area contributed by atoms with E-state index in [-0.39, 0.29) is 12.3 Å². The Balaban J connectivity index is 2.33. The van der Waals surface area contributed by atoms with Crippen LogP contribution in [-0.4, -0.2) is 20.7 Å². The normalized spacial score (nSPS) is 10.5. The summed E-state index contributed by atoms with van der Waals surface area (Å²) in [7, 11) is 0. The fourth-order valence-electron chi connectivity index (χ4n) is 1.34. The summed E-state index contributed by atoms with van der Waals surface area (Å²) < 4.78 is 7.33. The molecule has 0 spiro atoms. The molecule has 0 fully saturated rings. The van der Waals surface area contributed by atoms with Gasteiger partial charge in [-0.3, -0.25) is 14.5 Å². The standard InChI is InChI=1S/C9H10N4O2S/c10-7(14)3-4-13-8(11-12-9(13)16)6-2-1-5-15-6/h1-2,5H,3-4H2,(H2,10,14)(H,12,16). The Bertz CT molecular complexity index is 540. The van der Waals surface area contributed by atoms with Crippen LogP contribution in [0.1, 0.15) is 6.42 Å². The van der Waals surface area contributed by atoms with Crippen LogP contribution in [0.5, 0.6) is 0 Å². The predicted octanol–water partition coefficient (Wildman–Crippen LogP) is 1.08. The number of furan rings is 1. The zero-order valence-electron chi connectivity index (χ0n) is 8.34. The number of nitrogens with one attached hydrogen (secondary N) is 1. The molecule has 2 rings (SSSR count). The second-order valence-electron chi connectivity index (χ2n) is 3.20. The predicted molar refractivity (Wildman–Crippen MR) is 58.9 cm³/mol. The first kappa shape index (κ1) is 10.6. The summed E-state index contributed by atoms with van der Waals surface area (Å²) in [5, 5.41) is 6.69. The number of carbonyl (C=O) groups excluding carboxylic acids is 1. The van der Waals surface area contributed by atoms with Gasteiger partial charge in [-0.25, -0.2) is 0 Å². The molecule has 16 heavy (non-hydrogen) atoms. The Morgan fingerprint density at radius 2 is 2.50 bits per heavy atom. The second-order valence-corrected chi connectivity index (χ2v) is 3.58. The number of aromatic nitrogens is 3. The van der Waals surface area contributed by atoms with Crippen molar-refractivity contribution in [1.82, 2.24) is 14.8 Å². The van der Waals surface area contributed by atoms with E-state index in [0.717, 1.165) is 0 Å². The van der Waals surface area contributed by atoms with Crippen LogP contribution in [0.4, 0.5) is 0 Å². The third-order valence-electron chi connectivity index (χ3n) is 2.08. The van der Waals surface area contributed by atoms with Gasteiger partial charge in [0, 0.05) is 13.0 Å². The molecule has 0 aliphatic rings. The van der Waals surface area contributed by atoms with E-state index in [1.54, 1.807) is 23.0 Å². The van der Waals surface area contributed by atoms with Gasteiger partial charge in [-0.15, -0.1) is 0 Å². The van der Waals surface area contributed by atoms with E-state index >= 15 is 0 Å². The molecule has 0 radical (unpaired) electrons. The van der Waals surface area contributed by atoms with Crippen molar-refractivity contribution in [3.8, 4) is 11.6 Å². The molecule has 7 heteroatoms. The lowest BCUT2D eigenvalue weighted by Gasteiger charge is -2.02. The molecule has 2 aromatic heterocycles. The van der Waals surface area contributed by atoms with Crippen molar-refractivity contribution in [2.75, 3.05) is 0 Å². The van der Waals surface area contributed by atoms with Gasteiger partial charge in [0.25, 0.3) is 0 Å². The number of hydrogen-bond donors (Lipinski definition) is 2. The Labute approximate surface area is 96.1 Å². The van der Waals surface area contributed by atoms with Crippen molar-refractivity contribution in [3.63, 3.8) is 0 Å². The molecular weight excluding hydrogens is 228 g/mol. The quantitative estimate of drug-likeness (QED) is 0.780. The number of primary amides is 1. The van der Waals surface area contributed by atoms with Crippen molar-refractivity contribution < 1.29 is 9.21 Å². The highest BCUT2D eigenvalue weighted by Crippen LogP contribution is 2.17. The van der Waals surface area contributed by atoms with Gasteiger partial charge in [0.05, 0.1) is 6.26 Å². The maximum atomic E-state index is 10.7. The maximum absolute atomic E-state index is 10.7. The summed E-state index contributed by atoms with van der Waals surface area (Å²) in [6, 6.07) is 3.52. The lowest BCUT2D eigenvalue weighted by Crippen LogP contribution is -2.14. The van der Waals surface area contributed by atoms with Gasteiger partial charge in [0.15, 0.2) is 16.4 Å². The molecule has 0 atom stereocenters. The summed E-state index contributed by atoms with van der Waals surface area (Å²) in [5.74, 6) is 0.779. The minimum Gasteiger partial charge on any atom is -0.461 e. The average molecular weight is 238 g/mol. The molecule has 1 amide bonds. The largest absolute Gasteiger partial charge is 0.461 e. The van der Waals surface area contributed by atoms with Gasteiger partial charge >= 0.3 is 0 Å². The van der Waals surface area contributed by atoms with E-state index in [0.29, 0.717) is 22.9 Å². The topological polar surface area (TPSA) is 89.8 Å². The zero-order chi connectivity index (χ0) is 11.5. The average Bonchev–Trinajstić information content (AvgIpc) is 2.83. The fraction of sp³-hybridized carbons (Fsp3) is 0.222. The van der Waals surface area contributed by atoms with Crippen LogP contribution in [0.2, 0.25) is 0 Å². The highest BCUT2D eigenvalue weighted by molar-refractivity contribution is 7.71. The van der Waals surface area contributed by atoms with Crippen molar-refractivity contribution in [3.05, 3.63) is 23.2 Å². The molecule has 3 N–H and O–H groups in total. The molecule has 0 aromatic carbocycles. The highest BCUT2D eigenvalue weighted by Gasteiger charge is 2.11. The summed E-state index contributed by atoms with van der Waals surface area (Å²) in [4.78, 5) is 10.7. The minimum absolute atomic E-state index is 0.210. The molecule has 0 unspecified atom stereocenters. The molecular formula is C9H10N4O2S. The molecule has 84 valence electrons. The first-order valence-corrected chi connectivity index (χ1v) is 5.06. The van der Waals surface area contributed by atoms with Crippen LogP contribution >= 0.6 is 12.2 Å². The fourth-order valence-corrected chi connectivity index (χ4v) is 1.56. The van der Waals surface area contributed by atoms with Crippen molar-refractivity contribution >= 4 is 18.1 Å². The lowest BCUT2D eigenvalue weighted by molar-refractivity contribution is -0.118. The molecule has 0 aliphatic carbocycles. The van der Waals surface area contributed by atoms with Gasteiger partial charge in [0.1, 0.15) is 0 Å². The van der Waals surface area contributed by atoms with Crippen LogP contribution in [0.3, 0.4) is 0 Å². The van der Waals surface area contributed by atoms with Crippen LogP contribution < -0.4 is 5.73 Å². The number of H-pyrrole nitrogens is 1. The Kier molecular flexibility index (Phi) is 2.86. The monoisotopic (exact) mass is 238 g/mol. The van der Waals surface area contributed by atoms with E-state index < -0.39 is 0 Å². The third-order valence-corrected chi connectivity index (χ3v) is 2.39. The Hall–Kier alpha value is -1.89. The van der Waals surface area contributed by atoms with Crippen LogP contribution in [0.15, 0.2) is 22.8 Å². The number of rotatable bonds is 4. The molecule has 2 aromatic rings. The number of nitrogens with two attached hydrogens (primary N) is 1. The van der Waals surface area contributed by atoms with Crippen LogP contribution in [0, 0.1) is 4.77 Å². The van der Waals surface area contributed by atoms with E-state index in [9.17, 15) is 4.79 Å². The smallest absolute Gasteiger partial charge is 0.219 e. The SMILES string of the molecule is NC(=O)CCn1c(-c2ccco2)n[nH]c1=S. The zero-order valence-corrected chi connectivity index (χ0v) is 9.16. The maximum Gasteiger partial charge on any atom is 0.219 e. The van der Waals surface area contributed by atoms with E-state index in [4.69, 9.17) is 22.4 Å². The third kappa shape index (κ3) is 2.03. The number of nitrogens with zero attached hydrogens (tertiary/aromatic N) is 2. The Morgan fingerprint density at radius 3 is 3.12 bits per heavy atom. The molecule has 0 aliphatic heterocycles. The highest BCUT2D eigenvalue weighted by atomic mass is 32.1. The van der Waals surface area contributed by atoms with Gasteiger partial charge in [-0.1, -0.05) is 0 Å². The van der Waals surface area contributed by atoms with Gasteiger partial charge < -0.3 is 10.2 Å². The summed E-state index contributed by atoms with van der Waals surface area (Å²) in [5.41, 5.74) is 5.09. The molecule has 6 nitrogen and oxygen atoms in total. The van der Waals surface area contributed by atoms with Gasteiger partial charge in [0.2, 0.25) is 5.91 Å². The summed E-state index contributed by atoms with van der Waals surface area (Å²) >= 11 is 5.05. The van der Waals surface area contributed by atoms with Crippen LogP contribution in [-0.2, 0) is 11.3 Å². The number of hydrogen-bond acceptors (Lipinski definition) is 4. The molecule has 0 saturated heterocycles. The number of carbonyl (C=O) groups is 1. The molecule has 0 saturated carbocycles. The number of aromatic amines is 1. The minimum atomic E-state index is -0.381. The number of amides is 1. The second kappa shape index (κ2) is 4.31. The van der Waals surface area contributed by atoms with Crippen molar-refractivity contribution in [2.24, 2.45) is 5.73 Å². The van der Waals surface area contributed by atoms with Crippen molar-refractivity contribution in [1.29, 1.82) is 0 Å². The lowest BCUT2D eigenvalue weighted by atomic mass is 10.3. The molecule has 0 bridgehead atoms. The summed E-state index contributed by atoms with van der Waals surface area (Å²) in [6.45, 7) is 0.390. The summed E-state index contributed by atoms with van der Waals surface area (Å²) in [6.07, 6.45) is 1.76. The first-order valence-electron chi connectivity index (χ1n) is 4.66.